The van der Waals surface area contributed by atoms with Gasteiger partial charge in [0, 0.05) is 6.54 Å². The molecule has 0 aliphatic rings. The molecular formula is C13H25NO. The number of rotatable bonds is 7. The predicted molar refractivity (Wildman–Crippen MR) is 68.8 cm³/mol. The van der Waals surface area contributed by atoms with Gasteiger partial charge in [-0.1, -0.05) is 50.3 Å². The van der Waals surface area contributed by atoms with Crippen LogP contribution >= 0.6 is 0 Å². The van der Waals surface area contributed by atoms with Crippen molar-refractivity contribution in [2.24, 2.45) is 11.7 Å². The van der Waals surface area contributed by atoms with Gasteiger partial charge in [0.2, 0.25) is 0 Å². The third kappa shape index (κ3) is 13.1. The molecule has 2 nitrogen and oxygen atoms in total. The molecule has 0 saturated carbocycles. The second-order valence-corrected chi connectivity index (χ2v) is 3.46. The minimum absolute atomic E-state index is 0. The molecule has 0 aromatic rings. The lowest BCUT2D eigenvalue weighted by Crippen LogP contribution is -1.91. The molecule has 0 aromatic heterocycles. The lowest BCUT2D eigenvalue weighted by atomic mass is 10.1. The molecule has 0 radical (unpaired) electrons. The first-order chi connectivity index (χ1) is 6.81. The van der Waals surface area contributed by atoms with Crippen molar-refractivity contribution in [2.75, 3.05) is 6.54 Å². The van der Waals surface area contributed by atoms with Crippen molar-refractivity contribution in [2.45, 2.75) is 33.1 Å². The van der Waals surface area contributed by atoms with Gasteiger partial charge in [0.1, 0.15) is 0 Å². The van der Waals surface area contributed by atoms with Gasteiger partial charge >= 0.3 is 0 Å². The standard InChI is InChI=1S/C13H23N.H2O/c1-3-4-10-13(2)11-8-6-5-7-9-12-14;/h4,6-10,13H,3,5,11-12,14H2,1-2H3;1H2. The van der Waals surface area contributed by atoms with Crippen LogP contribution in [0.25, 0.3) is 0 Å². The van der Waals surface area contributed by atoms with Crippen LogP contribution in [0.3, 0.4) is 0 Å². The fourth-order valence-electron chi connectivity index (χ4n) is 1.13. The Balaban J connectivity index is 0. The molecule has 0 rings (SSSR count). The molecule has 0 bridgehead atoms. The van der Waals surface area contributed by atoms with E-state index in [1.54, 1.807) is 0 Å². The highest BCUT2D eigenvalue weighted by atomic mass is 16.0. The van der Waals surface area contributed by atoms with Crippen LogP contribution in [-0.4, -0.2) is 12.0 Å². The van der Waals surface area contributed by atoms with Crippen molar-refractivity contribution in [1.29, 1.82) is 0 Å². The Bertz CT molecular complexity index is 195. The normalized spacial score (nSPS) is 13.8. The lowest BCUT2D eigenvalue weighted by Gasteiger charge is -1.99. The largest absolute Gasteiger partial charge is 0.412 e. The maximum atomic E-state index is 5.33. The van der Waals surface area contributed by atoms with E-state index in [0.29, 0.717) is 12.5 Å². The van der Waals surface area contributed by atoms with Gasteiger partial charge in [-0.25, -0.2) is 0 Å². The average Bonchev–Trinajstić information content (AvgIpc) is 2.20. The maximum Gasteiger partial charge on any atom is 0.0106 e. The van der Waals surface area contributed by atoms with E-state index in [9.17, 15) is 0 Å². The number of hydrogen-bond acceptors (Lipinski definition) is 1. The summed E-state index contributed by atoms with van der Waals surface area (Å²) >= 11 is 0. The molecule has 0 aliphatic carbocycles. The van der Waals surface area contributed by atoms with Gasteiger partial charge < -0.3 is 11.2 Å². The SMILES string of the molecule is CCC=CC(C)CC=CCC=CCN.O. The molecule has 0 spiro atoms. The van der Waals surface area contributed by atoms with Gasteiger partial charge in [-0.3, -0.25) is 0 Å². The van der Waals surface area contributed by atoms with Crippen molar-refractivity contribution in [3.8, 4) is 0 Å². The first kappa shape index (κ1) is 16.6. The highest BCUT2D eigenvalue weighted by Gasteiger charge is 1.90. The van der Waals surface area contributed by atoms with Crippen molar-refractivity contribution < 1.29 is 5.48 Å². The van der Waals surface area contributed by atoms with Gasteiger partial charge in [-0.15, -0.1) is 0 Å². The number of allylic oxidation sites excluding steroid dienone is 5. The van der Waals surface area contributed by atoms with Gasteiger partial charge in [0.15, 0.2) is 0 Å². The Hall–Kier alpha value is -0.860. The van der Waals surface area contributed by atoms with E-state index in [4.69, 9.17) is 5.73 Å². The van der Waals surface area contributed by atoms with Crippen LogP contribution in [0, 0.1) is 5.92 Å². The van der Waals surface area contributed by atoms with Crippen LogP contribution in [0.15, 0.2) is 36.5 Å². The second kappa shape index (κ2) is 13.1. The zero-order chi connectivity index (χ0) is 10.6. The fraction of sp³-hybridized carbons (Fsp3) is 0.538. The van der Waals surface area contributed by atoms with Gasteiger partial charge in [0.25, 0.3) is 0 Å². The monoisotopic (exact) mass is 211 g/mol. The molecule has 0 aliphatic heterocycles. The van der Waals surface area contributed by atoms with E-state index in [2.05, 4.69) is 44.2 Å². The van der Waals surface area contributed by atoms with Crippen LogP contribution in [-0.2, 0) is 0 Å². The van der Waals surface area contributed by atoms with Crippen molar-refractivity contribution in [3.05, 3.63) is 36.5 Å². The molecule has 0 saturated heterocycles. The quantitative estimate of drug-likeness (QED) is 0.646. The molecule has 0 amide bonds. The van der Waals surface area contributed by atoms with E-state index in [1.165, 1.54) is 0 Å². The second-order valence-electron chi connectivity index (χ2n) is 3.46. The van der Waals surface area contributed by atoms with Gasteiger partial charge in [0.05, 0.1) is 0 Å². The molecule has 1 unspecified atom stereocenters. The smallest absolute Gasteiger partial charge is 0.0106 e. The molecular weight excluding hydrogens is 186 g/mol. The van der Waals surface area contributed by atoms with Gasteiger partial charge in [-0.05, 0) is 25.2 Å². The van der Waals surface area contributed by atoms with Crippen LogP contribution in [0.1, 0.15) is 33.1 Å². The fourth-order valence-corrected chi connectivity index (χ4v) is 1.13. The van der Waals surface area contributed by atoms with Crippen LogP contribution in [0.4, 0.5) is 0 Å². The summed E-state index contributed by atoms with van der Waals surface area (Å²) in [7, 11) is 0. The van der Waals surface area contributed by atoms with Gasteiger partial charge in [-0.2, -0.15) is 0 Å². The Morgan fingerprint density at radius 3 is 2.33 bits per heavy atom. The molecule has 2 heteroatoms. The number of hydrogen-bond donors (Lipinski definition) is 1. The third-order valence-electron chi connectivity index (χ3n) is 1.95. The highest BCUT2D eigenvalue weighted by Crippen LogP contribution is 2.05. The third-order valence-corrected chi connectivity index (χ3v) is 1.95. The lowest BCUT2D eigenvalue weighted by molar-refractivity contribution is 0.739. The van der Waals surface area contributed by atoms with Crippen LogP contribution < -0.4 is 5.73 Å². The van der Waals surface area contributed by atoms with Crippen LogP contribution in [0.2, 0.25) is 0 Å². The van der Waals surface area contributed by atoms with E-state index >= 15 is 0 Å². The van der Waals surface area contributed by atoms with E-state index in [-0.39, 0.29) is 5.48 Å². The summed E-state index contributed by atoms with van der Waals surface area (Å²) in [5.41, 5.74) is 5.33. The first-order valence-electron chi connectivity index (χ1n) is 5.48. The number of nitrogens with two attached hydrogens (primary N) is 1. The average molecular weight is 211 g/mol. The highest BCUT2D eigenvalue weighted by molar-refractivity contribution is 4.96. The minimum Gasteiger partial charge on any atom is -0.412 e. The van der Waals surface area contributed by atoms with E-state index in [0.717, 1.165) is 19.3 Å². The Kier molecular flexibility index (Phi) is 14.5. The van der Waals surface area contributed by atoms with E-state index in [1.807, 2.05) is 6.08 Å². The molecule has 0 heterocycles. The summed E-state index contributed by atoms with van der Waals surface area (Å²) in [5.74, 6) is 0.657. The molecule has 4 N–H and O–H groups in total. The Morgan fingerprint density at radius 2 is 1.73 bits per heavy atom. The molecule has 1 atom stereocenters. The molecule has 88 valence electrons. The topological polar surface area (TPSA) is 57.5 Å². The molecule has 0 fully saturated rings. The molecule has 15 heavy (non-hydrogen) atoms. The molecule has 0 aromatic carbocycles. The predicted octanol–water partition coefficient (Wildman–Crippen LogP) is 2.62. The Labute approximate surface area is 93.9 Å². The summed E-state index contributed by atoms with van der Waals surface area (Å²) in [6.07, 6.45) is 16.3. The van der Waals surface area contributed by atoms with Crippen LogP contribution in [0.5, 0.6) is 0 Å². The van der Waals surface area contributed by atoms with Crippen molar-refractivity contribution >= 4 is 0 Å². The summed E-state index contributed by atoms with van der Waals surface area (Å²) in [4.78, 5) is 0. The first-order valence-corrected chi connectivity index (χ1v) is 5.48. The van der Waals surface area contributed by atoms with E-state index < -0.39 is 0 Å². The zero-order valence-electron chi connectivity index (χ0n) is 9.95. The summed E-state index contributed by atoms with van der Waals surface area (Å²) in [6.45, 7) is 5.05. The summed E-state index contributed by atoms with van der Waals surface area (Å²) in [6, 6.07) is 0. The Morgan fingerprint density at radius 1 is 1.07 bits per heavy atom. The summed E-state index contributed by atoms with van der Waals surface area (Å²) in [5, 5.41) is 0. The van der Waals surface area contributed by atoms with Crippen molar-refractivity contribution in [1.82, 2.24) is 0 Å². The zero-order valence-corrected chi connectivity index (χ0v) is 9.95. The minimum atomic E-state index is 0. The summed E-state index contributed by atoms with van der Waals surface area (Å²) < 4.78 is 0. The van der Waals surface area contributed by atoms with Crippen molar-refractivity contribution in [3.63, 3.8) is 0 Å². The maximum absolute atomic E-state index is 5.33.